The van der Waals surface area contributed by atoms with E-state index in [1.54, 1.807) is 31.4 Å². The summed E-state index contributed by atoms with van der Waals surface area (Å²) in [6.07, 6.45) is 1.54. The fourth-order valence-corrected chi connectivity index (χ4v) is 3.64. The predicted octanol–water partition coefficient (Wildman–Crippen LogP) is 4.47. The Bertz CT molecular complexity index is 1040. The Hall–Kier alpha value is -3.17. The van der Waals surface area contributed by atoms with Gasteiger partial charge in [-0.15, -0.1) is 0 Å². The van der Waals surface area contributed by atoms with Crippen molar-refractivity contribution in [2.24, 2.45) is 0 Å². The van der Waals surface area contributed by atoms with Gasteiger partial charge < -0.3 is 4.74 Å². The zero-order valence-electron chi connectivity index (χ0n) is 14.7. The largest absolute Gasteiger partial charge is 0.497 e. The highest BCUT2D eigenvalue weighted by molar-refractivity contribution is 7.22. The molecule has 0 spiro atoms. The Labute approximate surface area is 155 Å². The zero-order valence-corrected chi connectivity index (χ0v) is 15.5. The van der Waals surface area contributed by atoms with Crippen molar-refractivity contribution in [3.05, 3.63) is 58.7 Å². The third-order valence-electron chi connectivity index (χ3n) is 3.84. The summed E-state index contributed by atoms with van der Waals surface area (Å²) in [6.45, 7) is 4.01. The minimum atomic E-state index is -0.475. The highest BCUT2D eigenvalue weighted by Crippen LogP contribution is 2.29. The second-order valence-electron chi connectivity index (χ2n) is 5.84. The number of methoxy groups -OCH3 is 1. The molecule has 6 heteroatoms. The van der Waals surface area contributed by atoms with E-state index in [0.717, 1.165) is 26.9 Å². The van der Waals surface area contributed by atoms with Gasteiger partial charge in [-0.2, -0.15) is 5.26 Å². The summed E-state index contributed by atoms with van der Waals surface area (Å²) >= 11 is 1.40. The van der Waals surface area contributed by atoms with Crippen molar-refractivity contribution in [3.63, 3.8) is 0 Å². The minimum absolute atomic E-state index is 0.0160. The summed E-state index contributed by atoms with van der Waals surface area (Å²) in [4.78, 5) is 16.9. The van der Waals surface area contributed by atoms with Gasteiger partial charge in [0, 0.05) is 0 Å². The summed E-state index contributed by atoms with van der Waals surface area (Å²) in [7, 11) is 1.58. The number of carbonyl (C=O) groups is 1. The molecule has 0 saturated carbocycles. The standard InChI is InChI=1S/C20H17N3O2S/c1-12-8-13(2)18-17(9-12)26-20(22-18)23-19(24)15(11-21)10-14-4-6-16(25-3)7-5-14/h4-10H,1-3H3,(H,22,23,24)/b15-10+. The number of hydrogen-bond acceptors (Lipinski definition) is 5. The summed E-state index contributed by atoms with van der Waals surface area (Å²) in [5, 5.41) is 12.5. The number of aromatic nitrogens is 1. The number of nitriles is 1. The van der Waals surface area contributed by atoms with Gasteiger partial charge in [0.05, 0.1) is 17.3 Å². The number of nitrogens with one attached hydrogen (secondary N) is 1. The maximum atomic E-state index is 12.4. The van der Waals surface area contributed by atoms with Crippen molar-refractivity contribution in [2.75, 3.05) is 12.4 Å². The fourth-order valence-electron chi connectivity index (χ4n) is 2.60. The summed E-state index contributed by atoms with van der Waals surface area (Å²) < 4.78 is 6.11. The Morgan fingerprint density at radius 2 is 2.00 bits per heavy atom. The first-order valence-electron chi connectivity index (χ1n) is 7.95. The molecule has 0 unspecified atom stereocenters. The first kappa shape index (κ1) is 17.6. The molecule has 26 heavy (non-hydrogen) atoms. The van der Waals surface area contributed by atoms with Crippen LogP contribution in [0.5, 0.6) is 5.75 Å². The molecule has 1 aromatic heterocycles. The molecule has 1 amide bonds. The van der Waals surface area contributed by atoms with E-state index in [4.69, 9.17) is 4.74 Å². The first-order chi connectivity index (χ1) is 12.5. The van der Waals surface area contributed by atoms with Gasteiger partial charge >= 0.3 is 0 Å². The Balaban J connectivity index is 1.84. The molecule has 130 valence electrons. The smallest absolute Gasteiger partial charge is 0.268 e. The van der Waals surface area contributed by atoms with Gasteiger partial charge in [-0.05, 0) is 54.8 Å². The molecular formula is C20H17N3O2S. The molecule has 1 N–H and O–H groups in total. The predicted molar refractivity (Wildman–Crippen MR) is 104 cm³/mol. The molecule has 2 aromatic carbocycles. The van der Waals surface area contributed by atoms with Crippen molar-refractivity contribution in [1.29, 1.82) is 5.26 Å². The van der Waals surface area contributed by atoms with Crippen molar-refractivity contribution < 1.29 is 9.53 Å². The topological polar surface area (TPSA) is 75.0 Å². The van der Waals surface area contributed by atoms with Gasteiger partial charge in [-0.1, -0.05) is 29.5 Å². The van der Waals surface area contributed by atoms with Crippen LogP contribution in [-0.4, -0.2) is 18.0 Å². The van der Waals surface area contributed by atoms with Crippen molar-refractivity contribution in [1.82, 2.24) is 4.98 Å². The Morgan fingerprint density at radius 1 is 1.27 bits per heavy atom. The van der Waals surface area contributed by atoms with Crippen LogP contribution < -0.4 is 10.1 Å². The van der Waals surface area contributed by atoms with Crippen LogP contribution in [0.25, 0.3) is 16.3 Å². The van der Waals surface area contributed by atoms with Crippen LogP contribution >= 0.6 is 11.3 Å². The van der Waals surface area contributed by atoms with Gasteiger partial charge in [0.2, 0.25) is 0 Å². The van der Waals surface area contributed by atoms with E-state index < -0.39 is 5.91 Å². The molecule has 0 aliphatic rings. The number of aryl methyl sites for hydroxylation is 2. The van der Waals surface area contributed by atoms with Gasteiger partial charge in [-0.3, -0.25) is 10.1 Å². The second-order valence-corrected chi connectivity index (χ2v) is 6.88. The molecule has 3 rings (SSSR count). The number of fused-ring (bicyclic) bond motifs is 1. The minimum Gasteiger partial charge on any atom is -0.497 e. The van der Waals surface area contributed by atoms with E-state index in [2.05, 4.69) is 16.4 Å². The number of thiazole rings is 1. The van der Waals surface area contributed by atoms with Crippen LogP contribution in [0.1, 0.15) is 16.7 Å². The van der Waals surface area contributed by atoms with Crippen LogP contribution in [0.15, 0.2) is 42.0 Å². The number of benzene rings is 2. The molecule has 0 atom stereocenters. The van der Waals surface area contributed by atoms with E-state index in [0.29, 0.717) is 10.9 Å². The lowest BCUT2D eigenvalue weighted by atomic mass is 10.1. The van der Waals surface area contributed by atoms with Crippen LogP contribution in [0.2, 0.25) is 0 Å². The van der Waals surface area contributed by atoms with Gasteiger partial charge in [0.25, 0.3) is 5.91 Å². The summed E-state index contributed by atoms with van der Waals surface area (Å²) in [5.41, 5.74) is 3.84. The maximum absolute atomic E-state index is 12.4. The van der Waals surface area contributed by atoms with E-state index >= 15 is 0 Å². The number of anilines is 1. The van der Waals surface area contributed by atoms with Crippen molar-refractivity contribution in [2.45, 2.75) is 13.8 Å². The number of amides is 1. The van der Waals surface area contributed by atoms with Crippen LogP contribution in [0, 0.1) is 25.2 Å². The monoisotopic (exact) mass is 363 g/mol. The van der Waals surface area contributed by atoms with E-state index in [1.807, 2.05) is 26.0 Å². The van der Waals surface area contributed by atoms with Gasteiger partial charge in [0.15, 0.2) is 5.13 Å². The fraction of sp³-hybridized carbons (Fsp3) is 0.150. The SMILES string of the molecule is COc1ccc(/C=C(\C#N)C(=O)Nc2nc3c(C)cc(C)cc3s2)cc1. The lowest BCUT2D eigenvalue weighted by molar-refractivity contribution is -0.112. The third-order valence-corrected chi connectivity index (χ3v) is 4.76. The van der Waals surface area contributed by atoms with Crippen molar-refractivity contribution in [3.8, 4) is 11.8 Å². The molecule has 5 nitrogen and oxygen atoms in total. The number of carbonyl (C=O) groups excluding carboxylic acids is 1. The number of ether oxygens (including phenoxy) is 1. The molecular weight excluding hydrogens is 346 g/mol. The molecule has 0 saturated heterocycles. The molecule has 0 fully saturated rings. The Kier molecular flexibility index (Phi) is 5.01. The highest BCUT2D eigenvalue weighted by Gasteiger charge is 2.13. The molecule has 0 aliphatic heterocycles. The summed E-state index contributed by atoms with van der Waals surface area (Å²) in [6, 6.07) is 13.2. The van der Waals surface area contributed by atoms with Crippen LogP contribution in [0.4, 0.5) is 5.13 Å². The lowest BCUT2D eigenvalue weighted by Gasteiger charge is -2.01. The third kappa shape index (κ3) is 3.73. The first-order valence-corrected chi connectivity index (χ1v) is 8.77. The molecule has 0 bridgehead atoms. The average molecular weight is 363 g/mol. The lowest BCUT2D eigenvalue weighted by Crippen LogP contribution is -2.13. The number of nitrogens with zero attached hydrogens (tertiary/aromatic N) is 2. The van der Waals surface area contributed by atoms with E-state index in [9.17, 15) is 10.1 Å². The van der Waals surface area contributed by atoms with Crippen LogP contribution in [-0.2, 0) is 4.79 Å². The maximum Gasteiger partial charge on any atom is 0.268 e. The van der Waals surface area contributed by atoms with E-state index in [-0.39, 0.29) is 5.57 Å². The highest BCUT2D eigenvalue weighted by atomic mass is 32.1. The van der Waals surface area contributed by atoms with Gasteiger partial charge in [-0.25, -0.2) is 4.98 Å². The molecule has 1 heterocycles. The number of rotatable bonds is 4. The van der Waals surface area contributed by atoms with Gasteiger partial charge in [0.1, 0.15) is 17.4 Å². The molecule has 3 aromatic rings. The molecule has 0 aliphatic carbocycles. The van der Waals surface area contributed by atoms with Crippen molar-refractivity contribution >= 4 is 38.7 Å². The average Bonchev–Trinajstić information content (AvgIpc) is 3.02. The molecule has 0 radical (unpaired) electrons. The summed E-state index contributed by atoms with van der Waals surface area (Å²) in [5.74, 6) is 0.238. The second kappa shape index (κ2) is 7.38. The number of hydrogen-bond donors (Lipinski definition) is 1. The quantitative estimate of drug-likeness (QED) is 0.548. The van der Waals surface area contributed by atoms with E-state index in [1.165, 1.54) is 17.4 Å². The zero-order chi connectivity index (χ0) is 18.7. The Morgan fingerprint density at radius 3 is 2.65 bits per heavy atom. The normalized spacial score (nSPS) is 11.2. The van der Waals surface area contributed by atoms with Crippen LogP contribution in [0.3, 0.4) is 0 Å².